The number of anilines is 1. The van der Waals surface area contributed by atoms with Crippen molar-refractivity contribution in [1.29, 1.82) is 0 Å². The van der Waals surface area contributed by atoms with E-state index in [9.17, 15) is 9.59 Å². The summed E-state index contributed by atoms with van der Waals surface area (Å²) in [5.74, 6) is -0.705. The van der Waals surface area contributed by atoms with Crippen molar-refractivity contribution in [2.24, 2.45) is 0 Å². The highest BCUT2D eigenvalue weighted by atomic mass is 32.1. The Morgan fingerprint density at radius 2 is 1.88 bits per heavy atom. The van der Waals surface area contributed by atoms with Gasteiger partial charge in [0.15, 0.2) is 10.8 Å². The summed E-state index contributed by atoms with van der Waals surface area (Å²) in [4.78, 5) is 29.5. The quantitative estimate of drug-likeness (QED) is 0.675. The second-order valence-corrected chi connectivity index (χ2v) is 6.82. The number of ether oxygens (including phenoxy) is 1. The van der Waals surface area contributed by atoms with Crippen molar-refractivity contribution in [3.63, 3.8) is 0 Å². The van der Waals surface area contributed by atoms with Crippen molar-refractivity contribution in [3.05, 3.63) is 71.0 Å². The highest BCUT2D eigenvalue weighted by Gasteiger charge is 2.22. The van der Waals surface area contributed by atoms with Crippen LogP contribution in [0.5, 0.6) is 0 Å². The van der Waals surface area contributed by atoms with Crippen LogP contribution in [0.2, 0.25) is 0 Å². The van der Waals surface area contributed by atoms with Gasteiger partial charge in [0.05, 0.1) is 7.11 Å². The monoisotopic (exact) mass is 369 g/mol. The van der Waals surface area contributed by atoms with E-state index in [0.717, 1.165) is 10.4 Å². The molecule has 3 rings (SSSR count). The summed E-state index contributed by atoms with van der Waals surface area (Å²) in [6.45, 7) is 1.80. The fourth-order valence-electron chi connectivity index (χ4n) is 2.51. The average Bonchev–Trinajstić information content (AvgIpc) is 3.31. The number of esters is 1. The largest absolute Gasteiger partial charge is 0.464 e. The first-order valence-electron chi connectivity index (χ1n) is 8.13. The first-order valence-corrected chi connectivity index (χ1v) is 8.95. The minimum atomic E-state index is -0.508. The zero-order valence-corrected chi connectivity index (χ0v) is 15.3. The van der Waals surface area contributed by atoms with E-state index in [1.54, 1.807) is 11.5 Å². The second-order valence-electron chi connectivity index (χ2n) is 5.74. The fourth-order valence-corrected chi connectivity index (χ4v) is 3.50. The summed E-state index contributed by atoms with van der Waals surface area (Å²) in [5.41, 5.74) is 1.30. The molecular formula is C19H19N3O3S. The number of methoxy groups -OCH3 is 1. The van der Waals surface area contributed by atoms with Crippen molar-refractivity contribution >= 4 is 28.3 Å². The maximum atomic E-state index is 12.4. The van der Waals surface area contributed by atoms with Crippen LogP contribution in [0.15, 0.2) is 54.9 Å². The molecule has 0 bridgehead atoms. The molecule has 1 N–H and O–H groups in total. The highest BCUT2D eigenvalue weighted by molar-refractivity contribution is 7.16. The Morgan fingerprint density at radius 1 is 1.19 bits per heavy atom. The first-order chi connectivity index (χ1) is 12.6. The Labute approximate surface area is 155 Å². The minimum absolute atomic E-state index is 0.197. The molecule has 7 heteroatoms. The van der Waals surface area contributed by atoms with Gasteiger partial charge in [-0.25, -0.2) is 9.78 Å². The van der Waals surface area contributed by atoms with E-state index in [0.29, 0.717) is 11.6 Å². The lowest BCUT2D eigenvalue weighted by atomic mass is 10.1. The molecular weight excluding hydrogens is 350 g/mol. The number of carbonyl (C=O) groups excluding carboxylic acids is 2. The summed E-state index contributed by atoms with van der Waals surface area (Å²) in [6.07, 6.45) is 4.20. The Bertz CT molecular complexity index is 888. The zero-order chi connectivity index (χ0) is 18.5. The predicted molar refractivity (Wildman–Crippen MR) is 100 cm³/mol. The summed E-state index contributed by atoms with van der Waals surface area (Å²) in [6, 6.07) is 13.1. The molecule has 0 unspecified atom stereocenters. The number of aromatic nitrogens is 2. The van der Waals surface area contributed by atoms with Gasteiger partial charge in [-0.1, -0.05) is 30.3 Å². The van der Waals surface area contributed by atoms with Crippen LogP contribution in [0.3, 0.4) is 0 Å². The molecule has 6 nitrogen and oxygen atoms in total. The third-order valence-corrected chi connectivity index (χ3v) is 4.94. The fraction of sp³-hybridized carbons (Fsp3) is 0.211. The van der Waals surface area contributed by atoms with Gasteiger partial charge in [-0.2, -0.15) is 0 Å². The summed E-state index contributed by atoms with van der Waals surface area (Å²) < 4.78 is 6.63. The maximum absolute atomic E-state index is 12.4. The van der Waals surface area contributed by atoms with Crippen molar-refractivity contribution in [1.82, 2.24) is 9.55 Å². The molecule has 3 aromatic rings. The van der Waals surface area contributed by atoms with Gasteiger partial charge in [-0.3, -0.25) is 4.79 Å². The standard InChI is InChI=1S/C19H19N3O3S/c1-13(22-10-6-7-11-22)17(23)21-19-20-16(18(24)25-2)15(26-19)12-14-8-4-3-5-9-14/h3-11,13H,12H2,1-2H3,(H,20,21,23)/t13-/m1/s1. The van der Waals surface area contributed by atoms with Gasteiger partial charge in [-0.15, -0.1) is 11.3 Å². The Hall–Kier alpha value is -2.93. The Balaban J connectivity index is 1.81. The van der Waals surface area contributed by atoms with Crippen LogP contribution in [-0.4, -0.2) is 28.5 Å². The van der Waals surface area contributed by atoms with E-state index in [2.05, 4.69) is 10.3 Å². The molecule has 0 spiro atoms. The highest BCUT2D eigenvalue weighted by Crippen LogP contribution is 2.27. The number of nitrogens with zero attached hydrogens (tertiary/aromatic N) is 2. The molecule has 0 aliphatic heterocycles. The predicted octanol–water partition coefficient (Wildman–Crippen LogP) is 3.52. The number of nitrogens with one attached hydrogen (secondary N) is 1. The normalized spacial score (nSPS) is 11.8. The SMILES string of the molecule is COC(=O)c1nc(NC(=O)[C@@H](C)n2cccc2)sc1Cc1ccccc1. The number of hydrogen-bond donors (Lipinski definition) is 1. The van der Waals surface area contributed by atoms with Crippen molar-refractivity contribution in [2.45, 2.75) is 19.4 Å². The van der Waals surface area contributed by atoms with Crippen LogP contribution < -0.4 is 5.32 Å². The summed E-state index contributed by atoms with van der Waals surface area (Å²) in [7, 11) is 1.32. The van der Waals surface area contributed by atoms with E-state index < -0.39 is 5.97 Å². The average molecular weight is 369 g/mol. The van der Waals surface area contributed by atoms with Crippen LogP contribution in [-0.2, 0) is 16.0 Å². The summed E-state index contributed by atoms with van der Waals surface area (Å²) >= 11 is 1.29. The number of thiazole rings is 1. The topological polar surface area (TPSA) is 73.2 Å². The van der Waals surface area contributed by atoms with Gasteiger partial charge in [0.25, 0.3) is 0 Å². The van der Waals surface area contributed by atoms with E-state index in [1.165, 1.54) is 18.4 Å². The lowest BCUT2D eigenvalue weighted by Gasteiger charge is -2.12. The van der Waals surface area contributed by atoms with Crippen LogP contribution in [0.4, 0.5) is 5.13 Å². The van der Waals surface area contributed by atoms with Gasteiger partial charge < -0.3 is 14.6 Å². The molecule has 0 saturated carbocycles. The maximum Gasteiger partial charge on any atom is 0.357 e. The molecule has 134 valence electrons. The number of hydrogen-bond acceptors (Lipinski definition) is 5. The molecule has 0 fully saturated rings. The third-order valence-electron chi connectivity index (χ3n) is 3.97. The summed E-state index contributed by atoms with van der Waals surface area (Å²) in [5, 5.41) is 3.18. The molecule has 0 saturated heterocycles. The Morgan fingerprint density at radius 3 is 2.54 bits per heavy atom. The number of amides is 1. The van der Waals surface area contributed by atoms with Crippen LogP contribution in [0, 0.1) is 0 Å². The van der Waals surface area contributed by atoms with Crippen LogP contribution in [0.25, 0.3) is 0 Å². The van der Waals surface area contributed by atoms with Crippen LogP contribution in [0.1, 0.15) is 33.9 Å². The van der Waals surface area contributed by atoms with Gasteiger partial charge in [0, 0.05) is 23.7 Å². The lowest BCUT2D eigenvalue weighted by Crippen LogP contribution is -2.22. The molecule has 1 amide bonds. The van der Waals surface area contributed by atoms with Crippen LogP contribution >= 0.6 is 11.3 Å². The number of benzene rings is 1. The smallest absolute Gasteiger partial charge is 0.357 e. The molecule has 0 radical (unpaired) electrons. The van der Waals surface area contributed by atoms with Crippen molar-refractivity contribution < 1.29 is 14.3 Å². The van der Waals surface area contributed by atoms with Gasteiger partial charge in [0.1, 0.15) is 6.04 Å². The zero-order valence-electron chi connectivity index (χ0n) is 14.5. The van der Waals surface area contributed by atoms with E-state index in [1.807, 2.05) is 54.9 Å². The minimum Gasteiger partial charge on any atom is -0.464 e. The van der Waals surface area contributed by atoms with Gasteiger partial charge in [0.2, 0.25) is 5.91 Å². The number of rotatable bonds is 6. The van der Waals surface area contributed by atoms with Crippen molar-refractivity contribution in [3.8, 4) is 0 Å². The molecule has 1 atom stereocenters. The molecule has 26 heavy (non-hydrogen) atoms. The third kappa shape index (κ3) is 4.00. The number of carbonyl (C=O) groups is 2. The van der Waals surface area contributed by atoms with Crippen molar-refractivity contribution in [2.75, 3.05) is 12.4 Å². The van der Waals surface area contributed by atoms with Gasteiger partial charge in [-0.05, 0) is 24.6 Å². The molecule has 2 heterocycles. The lowest BCUT2D eigenvalue weighted by molar-refractivity contribution is -0.118. The Kier molecular flexibility index (Phi) is 5.48. The molecule has 2 aromatic heterocycles. The first kappa shape index (κ1) is 17.9. The van der Waals surface area contributed by atoms with E-state index in [-0.39, 0.29) is 17.6 Å². The molecule has 0 aliphatic rings. The molecule has 0 aliphatic carbocycles. The second kappa shape index (κ2) is 7.97. The van der Waals surface area contributed by atoms with E-state index >= 15 is 0 Å². The van der Waals surface area contributed by atoms with Gasteiger partial charge >= 0.3 is 5.97 Å². The molecule has 1 aromatic carbocycles. The van der Waals surface area contributed by atoms with E-state index in [4.69, 9.17) is 4.74 Å².